The number of hydrogen-bond donors (Lipinski definition) is 2. The molecule has 6 nitrogen and oxygen atoms in total. The Morgan fingerprint density at radius 1 is 1.00 bits per heavy atom. The second kappa shape index (κ2) is 11.2. The molecule has 0 radical (unpaired) electrons. The zero-order valence-corrected chi connectivity index (χ0v) is 18.8. The normalized spacial score (nSPS) is 15.7. The fourth-order valence-electron chi connectivity index (χ4n) is 4.52. The largest absolute Gasteiger partial charge is 0.462 e. The Hall–Kier alpha value is -3.09. The van der Waals surface area contributed by atoms with Crippen LogP contribution >= 0.6 is 0 Å². The van der Waals surface area contributed by atoms with Gasteiger partial charge in [-0.15, -0.1) is 0 Å². The van der Waals surface area contributed by atoms with Crippen molar-refractivity contribution in [2.24, 2.45) is 5.92 Å². The molecule has 172 valence electrons. The van der Waals surface area contributed by atoms with Crippen LogP contribution in [0, 0.1) is 5.92 Å². The number of ether oxygens (including phenoxy) is 1. The molecule has 2 heterocycles. The number of carbonyl (C=O) groups is 1. The van der Waals surface area contributed by atoms with Gasteiger partial charge in [-0.2, -0.15) is 0 Å². The van der Waals surface area contributed by atoms with E-state index < -0.39 is 11.6 Å². The van der Waals surface area contributed by atoms with Gasteiger partial charge < -0.3 is 15.2 Å². The Morgan fingerprint density at radius 2 is 1.58 bits per heavy atom. The SMILES string of the molecule is O=C(OCC(CCC1CCNCC1)c1cncnc1)C(O)(c1ccccc1)c1ccccc1. The summed E-state index contributed by atoms with van der Waals surface area (Å²) in [6.07, 6.45) is 9.34. The molecule has 2 N–H and O–H groups in total. The first kappa shape index (κ1) is 23.1. The van der Waals surface area contributed by atoms with E-state index in [1.165, 1.54) is 19.2 Å². The fourth-order valence-corrected chi connectivity index (χ4v) is 4.52. The van der Waals surface area contributed by atoms with Crippen LogP contribution in [0.5, 0.6) is 0 Å². The van der Waals surface area contributed by atoms with Gasteiger partial charge in [0.2, 0.25) is 5.60 Å². The second-order valence-corrected chi connectivity index (χ2v) is 8.68. The van der Waals surface area contributed by atoms with Crippen molar-refractivity contribution in [3.63, 3.8) is 0 Å². The standard InChI is InChI=1S/C27H31N3O3/c31-26(27(32,24-7-3-1-4-8-24)25-9-5-2-6-10-25)33-19-22(23-17-29-20-30-18-23)12-11-21-13-15-28-16-14-21/h1-10,17-18,20-22,28,32H,11-16,19H2. The second-order valence-electron chi connectivity index (χ2n) is 8.68. The maximum Gasteiger partial charge on any atom is 0.347 e. The van der Waals surface area contributed by atoms with Crippen molar-refractivity contribution >= 4 is 5.97 Å². The minimum atomic E-state index is -1.88. The Balaban J connectivity index is 1.52. The lowest BCUT2D eigenvalue weighted by atomic mass is 9.86. The Kier molecular flexibility index (Phi) is 7.81. The Morgan fingerprint density at radius 3 is 2.15 bits per heavy atom. The first-order chi connectivity index (χ1) is 16.2. The summed E-state index contributed by atoms with van der Waals surface area (Å²) in [6, 6.07) is 17.9. The van der Waals surface area contributed by atoms with Gasteiger partial charge in [-0.3, -0.25) is 0 Å². The molecule has 1 unspecified atom stereocenters. The molecule has 1 fully saturated rings. The lowest BCUT2D eigenvalue weighted by Crippen LogP contribution is -2.39. The number of rotatable bonds is 9. The van der Waals surface area contributed by atoms with E-state index in [1.54, 1.807) is 60.9 Å². The lowest BCUT2D eigenvalue weighted by Gasteiger charge is -2.29. The average Bonchev–Trinajstić information content (AvgIpc) is 2.90. The molecule has 0 saturated carbocycles. The number of aliphatic hydroxyl groups is 1. The molecule has 1 saturated heterocycles. The predicted octanol–water partition coefficient (Wildman–Crippen LogP) is 3.82. The number of benzene rings is 2. The maximum atomic E-state index is 13.4. The maximum absolute atomic E-state index is 13.4. The minimum Gasteiger partial charge on any atom is -0.462 e. The fraction of sp³-hybridized carbons (Fsp3) is 0.370. The van der Waals surface area contributed by atoms with E-state index in [-0.39, 0.29) is 12.5 Å². The zero-order valence-electron chi connectivity index (χ0n) is 18.8. The van der Waals surface area contributed by atoms with Gasteiger partial charge in [0.25, 0.3) is 0 Å². The van der Waals surface area contributed by atoms with Crippen molar-refractivity contribution in [3.05, 3.63) is 96.1 Å². The third kappa shape index (κ3) is 5.64. The van der Waals surface area contributed by atoms with Crippen LogP contribution in [-0.2, 0) is 15.1 Å². The van der Waals surface area contributed by atoms with E-state index in [0.717, 1.165) is 31.5 Å². The van der Waals surface area contributed by atoms with Crippen molar-refractivity contribution in [1.29, 1.82) is 0 Å². The summed E-state index contributed by atoms with van der Waals surface area (Å²) < 4.78 is 5.82. The molecule has 1 atom stereocenters. The number of esters is 1. The molecule has 2 aromatic carbocycles. The van der Waals surface area contributed by atoms with Crippen LogP contribution in [0.3, 0.4) is 0 Å². The molecule has 0 bridgehead atoms. The molecule has 3 aromatic rings. The van der Waals surface area contributed by atoms with E-state index in [1.807, 2.05) is 12.1 Å². The van der Waals surface area contributed by atoms with Gasteiger partial charge in [-0.05, 0) is 61.4 Å². The van der Waals surface area contributed by atoms with Gasteiger partial charge in [0.15, 0.2) is 0 Å². The molecule has 0 amide bonds. The predicted molar refractivity (Wildman–Crippen MR) is 126 cm³/mol. The highest BCUT2D eigenvalue weighted by Crippen LogP contribution is 2.32. The number of aromatic nitrogens is 2. The monoisotopic (exact) mass is 445 g/mol. The van der Waals surface area contributed by atoms with Gasteiger partial charge in [0.05, 0.1) is 6.61 Å². The van der Waals surface area contributed by atoms with Gasteiger partial charge in [-0.25, -0.2) is 14.8 Å². The van der Waals surface area contributed by atoms with Crippen LogP contribution in [-0.4, -0.2) is 40.7 Å². The van der Waals surface area contributed by atoms with E-state index in [4.69, 9.17) is 4.74 Å². The highest BCUT2D eigenvalue weighted by Gasteiger charge is 2.42. The van der Waals surface area contributed by atoms with Gasteiger partial charge in [0.1, 0.15) is 6.33 Å². The smallest absolute Gasteiger partial charge is 0.347 e. The highest BCUT2D eigenvalue weighted by atomic mass is 16.5. The molecule has 1 aliphatic heterocycles. The average molecular weight is 446 g/mol. The van der Waals surface area contributed by atoms with Crippen molar-refractivity contribution in [2.45, 2.75) is 37.2 Å². The Labute approximate surface area is 195 Å². The van der Waals surface area contributed by atoms with Gasteiger partial charge >= 0.3 is 5.97 Å². The Bertz CT molecular complexity index is 953. The molecule has 4 rings (SSSR count). The molecule has 0 spiro atoms. The van der Waals surface area contributed by atoms with Crippen molar-refractivity contribution in [2.75, 3.05) is 19.7 Å². The molecule has 1 aromatic heterocycles. The summed E-state index contributed by atoms with van der Waals surface area (Å²) in [7, 11) is 0. The van der Waals surface area contributed by atoms with E-state index >= 15 is 0 Å². The zero-order chi connectivity index (χ0) is 22.9. The number of hydrogen-bond acceptors (Lipinski definition) is 6. The number of carbonyl (C=O) groups excluding carboxylic acids is 1. The van der Waals surface area contributed by atoms with Crippen molar-refractivity contribution < 1.29 is 14.6 Å². The molecule has 6 heteroatoms. The highest BCUT2D eigenvalue weighted by molar-refractivity contribution is 5.85. The van der Waals surface area contributed by atoms with Crippen LogP contribution in [0.25, 0.3) is 0 Å². The number of nitrogens with one attached hydrogen (secondary N) is 1. The number of nitrogens with zero attached hydrogens (tertiary/aromatic N) is 2. The van der Waals surface area contributed by atoms with Crippen LogP contribution in [0.15, 0.2) is 79.4 Å². The molecule has 33 heavy (non-hydrogen) atoms. The van der Waals surface area contributed by atoms with Gasteiger partial charge in [0, 0.05) is 18.3 Å². The van der Waals surface area contributed by atoms with E-state index in [0.29, 0.717) is 17.0 Å². The molecule has 1 aliphatic rings. The summed E-state index contributed by atoms with van der Waals surface area (Å²) in [5.74, 6) is -0.0379. The van der Waals surface area contributed by atoms with Crippen LogP contribution in [0.1, 0.15) is 48.3 Å². The molecular weight excluding hydrogens is 414 g/mol. The summed E-state index contributed by atoms with van der Waals surface area (Å²) in [6.45, 7) is 2.28. The van der Waals surface area contributed by atoms with Crippen LogP contribution in [0.2, 0.25) is 0 Å². The quantitative estimate of drug-likeness (QED) is 0.487. The summed E-state index contributed by atoms with van der Waals surface area (Å²) in [5.41, 5.74) is 0.0307. The molecule has 0 aliphatic carbocycles. The third-order valence-electron chi connectivity index (χ3n) is 6.53. The minimum absolute atomic E-state index is 0.0270. The topological polar surface area (TPSA) is 84.3 Å². The first-order valence-corrected chi connectivity index (χ1v) is 11.6. The van der Waals surface area contributed by atoms with Crippen molar-refractivity contribution in [3.8, 4) is 0 Å². The summed E-state index contributed by atoms with van der Waals surface area (Å²) >= 11 is 0. The van der Waals surface area contributed by atoms with E-state index in [2.05, 4.69) is 15.3 Å². The first-order valence-electron chi connectivity index (χ1n) is 11.6. The molecular formula is C27H31N3O3. The summed E-state index contributed by atoms with van der Waals surface area (Å²) in [4.78, 5) is 21.7. The number of piperidine rings is 1. The third-order valence-corrected chi connectivity index (χ3v) is 6.53. The van der Waals surface area contributed by atoms with Gasteiger partial charge in [-0.1, -0.05) is 60.7 Å². The van der Waals surface area contributed by atoms with E-state index in [9.17, 15) is 9.90 Å². The lowest BCUT2D eigenvalue weighted by molar-refractivity contribution is -0.162. The summed E-state index contributed by atoms with van der Waals surface area (Å²) in [5, 5.41) is 15.0. The van der Waals surface area contributed by atoms with Crippen LogP contribution < -0.4 is 5.32 Å². The van der Waals surface area contributed by atoms with Crippen LogP contribution in [0.4, 0.5) is 0 Å². The van der Waals surface area contributed by atoms with Crippen molar-refractivity contribution in [1.82, 2.24) is 15.3 Å².